The number of rotatable bonds is 3. The van der Waals surface area contributed by atoms with Crippen molar-refractivity contribution in [3.63, 3.8) is 0 Å². The summed E-state index contributed by atoms with van der Waals surface area (Å²) in [6, 6.07) is 11.2. The molecule has 5 heteroatoms. The first-order valence-electron chi connectivity index (χ1n) is 5.29. The van der Waals surface area contributed by atoms with Crippen molar-refractivity contribution in [2.24, 2.45) is 0 Å². The molecule has 18 heavy (non-hydrogen) atoms. The van der Waals surface area contributed by atoms with E-state index in [1.165, 1.54) is 11.3 Å². The summed E-state index contributed by atoms with van der Waals surface area (Å²) in [7, 11) is 0. The van der Waals surface area contributed by atoms with Crippen LogP contribution in [0.25, 0.3) is 11.3 Å². The number of carbonyl (C=O) groups is 1. The summed E-state index contributed by atoms with van der Waals surface area (Å²) in [5, 5.41) is 9.20. The Bertz CT molecular complexity index is 599. The van der Waals surface area contributed by atoms with Gasteiger partial charge in [0.15, 0.2) is 6.61 Å². The molecule has 0 atom stereocenters. The second kappa shape index (κ2) is 5.43. The number of nitriles is 1. The second-order valence-corrected chi connectivity index (χ2v) is 4.71. The summed E-state index contributed by atoms with van der Waals surface area (Å²) in [6.45, 7) is 1.59. The van der Waals surface area contributed by atoms with E-state index in [0.29, 0.717) is 10.6 Å². The fraction of sp³-hybridized carbons (Fsp3) is 0.154. The first kappa shape index (κ1) is 12.3. The molecule has 1 heterocycles. The molecule has 0 unspecified atom stereocenters. The molecule has 90 valence electrons. The van der Waals surface area contributed by atoms with Crippen LogP contribution in [0.1, 0.15) is 14.7 Å². The lowest BCUT2D eigenvalue weighted by atomic mass is 10.1. The predicted molar refractivity (Wildman–Crippen MR) is 68.2 cm³/mol. The number of carbonyl (C=O) groups excluding carboxylic acids is 1. The van der Waals surface area contributed by atoms with Crippen molar-refractivity contribution >= 4 is 17.3 Å². The van der Waals surface area contributed by atoms with Crippen LogP contribution in [0.5, 0.6) is 0 Å². The standard InChI is InChI=1S/C13H10N2O2S/c1-9-15-11(10-5-3-2-4-6-10)12(18-9)13(16)17-8-7-14/h2-6H,8H2,1H3. The number of hydrogen-bond donors (Lipinski definition) is 0. The highest BCUT2D eigenvalue weighted by Gasteiger charge is 2.19. The second-order valence-electron chi connectivity index (χ2n) is 3.51. The Morgan fingerprint density at radius 1 is 1.44 bits per heavy atom. The van der Waals surface area contributed by atoms with Gasteiger partial charge in [0, 0.05) is 5.56 Å². The van der Waals surface area contributed by atoms with Gasteiger partial charge in [-0.15, -0.1) is 11.3 Å². The van der Waals surface area contributed by atoms with Crippen LogP contribution in [0.2, 0.25) is 0 Å². The highest BCUT2D eigenvalue weighted by atomic mass is 32.1. The SMILES string of the molecule is Cc1nc(-c2ccccc2)c(C(=O)OCC#N)s1. The molecule has 0 radical (unpaired) electrons. The Morgan fingerprint density at radius 2 is 2.17 bits per heavy atom. The number of nitrogens with zero attached hydrogens (tertiary/aromatic N) is 2. The normalized spacial score (nSPS) is 9.78. The molecule has 0 bridgehead atoms. The third-order valence-corrected chi connectivity index (χ3v) is 3.19. The Balaban J connectivity index is 2.38. The summed E-state index contributed by atoms with van der Waals surface area (Å²) in [4.78, 5) is 16.6. The number of hydrogen-bond acceptors (Lipinski definition) is 5. The minimum absolute atomic E-state index is 0.246. The molecule has 0 saturated carbocycles. The van der Waals surface area contributed by atoms with Crippen LogP contribution in [0.3, 0.4) is 0 Å². The van der Waals surface area contributed by atoms with Gasteiger partial charge in [-0.1, -0.05) is 30.3 Å². The molecule has 2 aromatic rings. The van der Waals surface area contributed by atoms with Crippen LogP contribution in [0.15, 0.2) is 30.3 Å². The van der Waals surface area contributed by atoms with Gasteiger partial charge in [0.25, 0.3) is 0 Å². The maximum Gasteiger partial charge on any atom is 0.351 e. The van der Waals surface area contributed by atoms with E-state index in [2.05, 4.69) is 4.98 Å². The topological polar surface area (TPSA) is 63.0 Å². The van der Waals surface area contributed by atoms with Crippen molar-refractivity contribution in [3.8, 4) is 17.3 Å². The van der Waals surface area contributed by atoms with Gasteiger partial charge < -0.3 is 4.74 Å². The first-order valence-corrected chi connectivity index (χ1v) is 6.11. The molecule has 0 spiro atoms. The molecular weight excluding hydrogens is 248 g/mol. The van der Waals surface area contributed by atoms with Gasteiger partial charge in [-0.05, 0) is 6.92 Å². The van der Waals surface area contributed by atoms with E-state index in [1.54, 1.807) is 6.07 Å². The minimum Gasteiger partial charge on any atom is -0.446 e. The molecule has 0 saturated heterocycles. The van der Waals surface area contributed by atoms with Crippen molar-refractivity contribution in [3.05, 3.63) is 40.2 Å². The van der Waals surface area contributed by atoms with Gasteiger partial charge in [-0.2, -0.15) is 5.26 Å². The Labute approximate surface area is 108 Å². The third kappa shape index (κ3) is 2.55. The maximum absolute atomic E-state index is 11.8. The smallest absolute Gasteiger partial charge is 0.351 e. The molecule has 1 aromatic carbocycles. The fourth-order valence-corrected chi connectivity index (χ4v) is 2.36. The zero-order valence-corrected chi connectivity index (χ0v) is 10.5. The van der Waals surface area contributed by atoms with Crippen molar-refractivity contribution < 1.29 is 9.53 Å². The fourth-order valence-electron chi connectivity index (χ4n) is 1.52. The van der Waals surface area contributed by atoms with Gasteiger partial charge >= 0.3 is 5.97 Å². The van der Waals surface area contributed by atoms with Gasteiger partial charge in [0.05, 0.1) is 10.7 Å². The van der Waals surface area contributed by atoms with Crippen LogP contribution in [0.4, 0.5) is 0 Å². The van der Waals surface area contributed by atoms with Gasteiger partial charge in [-0.25, -0.2) is 9.78 Å². The highest BCUT2D eigenvalue weighted by molar-refractivity contribution is 7.14. The number of benzene rings is 1. The molecule has 4 nitrogen and oxygen atoms in total. The molecule has 0 aliphatic rings. The van der Waals surface area contributed by atoms with Gasteiger partial charge in [0.1, 0.15) is 10.9 Å². The number of ether oxygens (including phenoxy) is 1. The zero-order valence-electron chi connectivity index (χ0n) is 9.71. The number of thiazole rings is 1. The summed E-state index contributed by atoms with van der Waals surface area (Å²) in [5.41, 5.74) is 1.48. The maximum atomic E-state index is 11.8. The lowest BCUT2D eigenvalue weighted by Gasteiger charge is -2.01. The van der Waals surface area contributed by atoms with E-state index < -0.39 is 5.97 Å². The lowest BCUT2D eigenvalue weighted by Crippen LogP contribution is -2.04. The van der Waals surface area contributed by atoms with Crippen molar-refractivity contribution in [1.82, 2.24) is 4.98 Å². The van der Waals surface area contributed by atoms with E-state index >= 15 is 0 Å². The average Bonchev–Trinajstić information content (AvgIpc) is 2.79. The zero-order chi connectivity index (χ0) is 13.0. The van der Waals surface area contributed by atoms with Crippen molar-refractivity contribution in [2.45, 2.75) is 6.92 Å². The monoisotopic (exact) mass is 258 g/mol. The molecule has 0 aliphatic heterocycles. The molecule has 0 fully saturated rings. The van der Waals surface area contributed by atoms with E-state index in [9.17, 15) is 4.79 Å². The van der Waals surface area contributed by atoms with Crippen molar-refractivity contribution in [2.75, 3.05) is 6.61 Å². The van der Waals surface area contributed by atoms with Crippen LogP contribution in [0, 0.1) is 18.3 Å². The number of aromatic nitrogens is 1. The Hall–Kier alpha value is -2.19. The largest absolute Gasteiger partial charge is 0.446 e. The van der Waals surface area contributed by atoms with Gasteiger partial charge in [0.2, 0.25) is 0 Å². The quantitative estimate of drug-likeness (QED) is 0.794. The minimum atomic E-state index is -0.499. The third-order valence-electron chi connectivity index (χ3n) is 2.23. The molecule has 0 aliphatic carbocycles. The van der Waals surface area contributed by atoms with Crippen LogP contribution in [-0.4, -0.2) is 17.6 Å². The Kier molecular flexibility index (Phi) is 3.70. The summed E-state index contributed by atoms with van der Waals surface area (Å²) >= 11 is 1.27. The molecule has 0 amide bonds. The molecular formula is C13H10N2O2S. The predicted octanol–water partition coefficient (Wildman–Crippen LogP) is 2.80. The van der Waals surface area contributed by atoms with E-state index in [-0.39, 0.29) is 6.61 Å². The van der Waals surface area contributed by atoms with E-state index in [4.69, 9.17) is 10.00 Å². The molecule has 0 N–H and O–H groups in total. The van der Waals surface area contributed by atoms with E-state index in [0.717, 1.165) is 10.6 Å². The number of aryl methyl sites for hydroxylation is 1. The van der Waals surface area contributed by atoms with Gasteiger partial charge in [-0.3, -0.25) is 0 Å². The van der Waals surface area contributed by atoms with E-state index in [1.807, 2.05) is 37.3 Å². The summed E-state index contributed by atoms with van der Waals surface area (Å²) < 4.78 is 4.82. The van der Waals surface area contributed by atoms with Crippen LogP contribution in [-0.2, 0) is 4.74 Å². The van der Waals surface area contributed by atoms with Crippen LogP contribution < -0.4 is 0 Å². The Morgan fingerprint density at radius 3 is 2.83 bits per heavy atom. The number of esters is 1. The molecule has 2 rings (SSSR count). The van der Waals surface area contributed by atoms with Crippen LogP contribution >= 0.6 is 11.3 Å². The lowest BCUT2D eigenvalue weighted by molar-refractivity contribution is 0.0561. The summed E-state index contributed by atoms with van der Waals surface area (Å²) in [5.74, 6) is -0.499. The molecule has 1 aromatic heterocycles. The average molecular weight is 258 g/mol. The summed E-state index contributed by atoms with van der Waals surface area (Å²) in [6.07, 6.45) is 0. The first-order chi connectivity index (χ1) is 8.72. The van der Waals surface area contributed by atoms with Crippen molar-refractivity contribution in [1.29, 1.82) is 5.26 Å². The highest BCUT2D eigenvalue weighted by Crippen LogP contribution is 2.28.